The van der Waals surface area contributed by atoms with E-state index in [4.69, 9.17) is 16.7 Å². The van der Waals surface area contributed by atoms with E-state index in [1.165, 1.54) is 0 Å². The van der Waals surface area contributed by atoms with E-state index in [0.717, 1.165) is 37.1 Å². The molecule has 26 heavy (non-hydrogen) atoms. The number of rotatable bonds is 3. The SMILES string of the molecule is Clc1cccc(-n2nc(-c3cccc(Br)c3)cc2-c2cccc(Br)c2)c1. The highest BCUT2D eigenvalue weighted by atomic mass is 79.9. The van der Waals surface area contributed by atoms with E-state index in [1.54, 1.807) is 0 Å². The summed E-state index contributed by atoms with van der Waals surface area (Å²) in [6.07, 6.45) is 0. The zero-order chi connectivity index (χ0) is 18.1. The van der Waals surface area contributed by atoms with Crippen molar-refractivity contribution in [1.29, 1.82) is 0 Å². The third kappa shape index (κ3) is 3.63. The minimum atomic E-state index is 0.683. The van der Waals surface area contributed by atoms with Crippen LogP contribution in [0.4, 0.5) is 0 Å². The Balaban J connectivity index is 1.93. The molecule has 0 atom stereocenters. The Morgan fingerprint density at radius 2 is 1.38 bits per heavy atom. The lowest BCUT2D eigenvalue weighted by Gasteiger charge is -2.08. The molecule has 0 aliphatic rings. The second kappa shape index (κ2) is 7.39. The lowest BCUT2D eigenvalue weighted by atomic mass is 10.1. The van der Waals surface area contributed by atoms with Gasteiger partial charge in [0.25, 0.3) is 0 Å². The van der Waals surface area contributed by atoms with Gasteiger partial charge in [-0.15, -0.1) is 0 Å². The van der Waals surface area contributed by atoms with Crippen LogP contribution in [0.1, 0.15) is 0 Å². The van der Waals surface area contributed by atoms with Crippen LogP contribution < -0.4 is 0 Å². The van der Waals surface area contributed by atoms with E-state index in [1.807, 2.05) is 53.2 Å². The molecule has 0 aliphatic carbocycles. The molecule has 0 bridgehead atoms. The fourth-order valence-corrected chi connectivity index (χ4v) is 3.81. The molecule has 4 rings (SSSR count). The van der Waals surface area contributed by atoms with Crippen LogP contribution >= 0.6 is 43.5 Å². The van der Waals surface area contributed by atoms with Gasteiger partial charge in [0.2, 0.25) is 0 Å². The lowest BCUT2D eigenvalue weighted by Crippen LogP contribution is -1.99. The van der Waals surface area contributed by atoms with Gasteiger partial charge >= 0.3 is 0 Å². The van der Waals surface area contributed by atoms with Crippen molar-refractivity contribution < 1.29 is 0 Å². The van der Waals surface area contributed by atoms with E-state index < -0.39 is 0 Å². The Hall–Kier alpha value is -1.88. The second-order valence-corrected chi connectivity index (χ2v) is 8.09. The van der Waals surface area contributed by atoms with Crippen molar-refractivity contribution in [1.82, 2.24) is 9.78 Å². The predicted molar refractivity (Wildman–Crippen MR) is 115 cm³/mol. The maximum Gasteiger partial charge on any atom is 0.0934 e. The molecule has 0 amide bonds. The highest BCUT2D eigenvalue weighted by Gasteiger charge is 2.14. The second-order valence-electron chi connectivity index (χ2n) is 5.83. The Bertz CT molecular complexity index is 1030. The summed E-state index contributed by atoms with van der Waals surface area (Å²) in [5, 5.41) is 5.54. The summed E-state index contributed by atoms with van der Waals surface area (Å²) in [5.41, 5.74) is 4.96. The van der Waals surface area contributed by atoms with E-state index in [0.29, 0.717) is 5.02 Å². The lowest BCUT2D eigenvalue weighted by molar-refractivity contribution is 0.892. The molecule has 0 fully saturated rings. The number of aromatic nitrogens is 2. The van der Waals surface area contributed by atoms with Gasteiger partial charge in [0.1, 0.15) is 0 Å². The van der Waals surface area contributed by atoms with Crippen LogP contribution in [0.3, 0.4) is 0 Å². The number of nitrogens with zero attached hydrogens (tertiary/aromatic N) is 2. The average Bonchev–Trinajstić information content (AvgIpc) is 3.07. The first-order valence-corrected chi connectivity index (χ1v) is 9.94. The van der Waals surface area contributed by atoms with Gasteiger partial charge in [-0.05, 0) is 48.5 Å². The summed E-state index contributed by atoms with van der Waals surface area (Å²) in [4.78, 5) is 0. The third-order valence-electron chi connectivity index (χ3n) is 4.00. The molecule has 1 aromatic heterocycles. The van der Waals surface area contributed by atoms with E-state index in [-0.39, 0.29) is 0 Å². The maximum absolute atomic E-state index is 6.21. The molecule has 4 aromatic rings. The first-order chi connectivity index (χ1) is 12.6. The quantitative estimate of drug-likeness (QED) is 0.294. The summed E-state index contributed by atoms with van der Waals surface area (Å²) in [7, 11) is 0. The minimum Gasteiger partial charge on any atom is -0.232 e. The van der Waals surface area contributed by atoms with E-state index in [9.17, 15) is 0 Å². The van der Waals surface area contributed by atoms with Crippen LogP contribution in [0.15, 0.2) is 87.8 Å². The number of halogens is 3. The molecule has 0 unspecified atom stereocenters. The fraction of sp³-hybridized carbons (Fsp3) is 0. The summed E-state index contributed by atoms with van der Waals surface area (Å²) in [6.45, 7) is 0. The molecule has 3 aromatic carbocycles. The van der Waals surface area contributed by atoms with Gasteiger partial charge < -0.3 is 0 Å². The number of benzene rings is 3. The molecule has 0 radical (unpaired) electrons. The van der Waals surface area contributed by atoms with Crippen molar-refractivity contribution >= 4 is 43.5 Å². The van der Waals surface area contributed by atoms with Crippen molar-refractivity contribution in [3.63, 3.8) is 0 Å². The van der Waals surface area contributed by atoms with Gasteiger partial charge in [-0.3, -0.25) is 0 Å². The summed E-state index contributed by atoms with van der Waals surface area (Å²) >= 11 is 13.3. The first-order valence-electron chi connectivity index (χ1n) is 7.98. The molecule has 0 spiro atoms. The van der Waals surface area contributed by atoms with Crippen LogP contribution in [-0.2, 0) is 0 Å². The molecule has 1 heterocycles. The van der Waals surface area contributed by atoms with Crippen molar-refractivity contribution in [3.8, 4) is 28.2 Å². The molecule has 0 saturated carbocycles. The van der Waals surface area contributed by atoms with Crippen molar-refractivity contribution in [2.24, 2.45) is 0 Å². The molecular formula is C21H13Br2ClN2. The van der Waals surface area contributed by atoms with Gasteiger partial charge in [0, 0.05) is 25.1 Å². The standard InChI is InChI=1S/C21H13Br2ClN2/c22-16-6-1-4-14(10-16)20-13-21(15-5-2-7-17(23)11-15)26(25-20)19-9-3-8-18(24)12-19/h1-13H. The molecule has 2 nitrogen and oxygen atoms in total. The third-order valence-corrected chi connectivity index (χ3v) is 5.22. The highest BCUT2D eigenvalue weighted by molar-refractivity contribution is 9.10. The van der Waals surface area contributed by atoms with Crippen LogP contribution in [0.2, 0.25) is 5.02 Å². The molecule has 0 saturated heterocycles. The van der Waals surface area contributed by atoms with Gasteiger partial charge in [0.15, 0.2) is 0 Å². The molecule has 0 N–H and O–H groups in total. The molecule has 5 heteroatoms. The minimum absolute atomic E-state index is 0.683. The Morgan fingerprint density at radius 3 is 2.08 bits per heavy atom. The number of hydrogen-bond acceptors (Lipinski definition) is 1. The molecule has 0 aliphatic heterocycles. The zero-order valence-electron chi connectivity index (χ0n) is 13.5. The van der Waals surface area contributed by atoms with Crippen LogP contribution in [-0.4, -0.2) is 9.78 Å². The van der Waals surface area contributed by atoms with E-state index >= 15 is 0 Å². The molecular weight excluding hydrogens is 476 g/mol. The van der Waals surface area contributed by atoms with Gasteiger partial charge in [0.05, 0.1) is 17.1 Å². The van der Waals surface area contributed by atoms with Gasteiger partial charge in [-0.25, -0.2) is 4.68 Å². The number of hydrogen-bond donors (Lipinski definition) is 0. The van der Waals surface area contributed by atoms with Crippen molar-refractivity contribution in [2.45, 2.75) is 0 Å². The fourth-order valence-electron chi connectivity index (χ4n) is 2.83. The van der Waals surface area contributed by atoms with Gasteiger partial charge in [-0.1, -0.05) is 73.8 Å². The van der Waals surface area contributed by atoms with Crippen molar-refractivity contribution in [3.05, 3.63) is 92.8 Å². The zero-order valence-corrected chi connectivity index (χ0v) is 17.5. The monoisotopic (exact) mass is 486 g/mol. The summed E-state index contributed by atoms with van der Waals surface area (Å²) in [6, 6.07) is 26.2. The Kier molecular flexibility index (Phi) is 4.98. The maximum atomic E-state index is 6.21. The normalized spacial score (nSPS) is 10.9. The average molecular weight is 489 g/mol. The topological polar surface area (TPSA) is 17.8 Å². The van der Waals surface area contributed by atoms with Crippen LogP contribution in [0, 0.1) is 0 Å². The predicted octanol–water partition coefficient (Wildman–Crippen LogP) is 7.38. The smallest absolute Gasteiger partial charge is 0.0934 e. The summed E-state index contributed by atoms with van der Waals surface area (Å²) in [5.74, 6) is 0. The summed E-state index contributed by atoms with van der Waals surface area (Å²) < 4.78 is 3.98. The largest absolute Gasteiger partial charge is 0.232 e. The highest BCUT2D eigenvalue weighted by Crippen LogP contribution is 2.31. The first kappa shape index (κ1) is 17.5. The van der Waals surface area contributed by atoms with Crippen molar-refractivity contribution in [2.75, 3.05) is 0 Å². The Labute approximate surface area is 173 Å². The van der Waals surface area contributed by atoms with Gasteiger partial charge in [-0.2, -0.15) is 5.10 Å². The van der Waals surface area contributed by atoms with E-state index in [2.05, 4.69) is 62.2 Å². The van der Waals surface area contributed by atoms with Crippen LogP contribution in [0.5, 0.6) is 0 Å². The van der Waals surface area contributed by atoms with Crippen LogP contribution in [0.25, 0.3) is 28.2 Å². The molecule has 128 valence electrons. The Morgan fingerprint density at radius 1 is 0.731 bits per heavy atom.